The number of aromatic carboxylic acids is 1. The van der Waals surface area contributed by atoms with Gasteiger partial charge in [0.05, 0.1) is 25.1 Å². The number of anilines is 2. The first kappa shape index (κ1) is 26.6. The van der Waals surface area contributed by atoms with Gasteiger partial charge in [0.25, 0.3) is 0 Å². The second kappa shape index (κ2) is 10.4. The number of ether oxygens (including phenoxy) is 4. The Morgan fingerprint density at radius 3 is 2.61 bits per heavy atom. The van der Waals surface area contributed by atoms with Crippen LogP contribution < -0.4 is 15.4 Å². The monoisotopic (exact) mass is 560 g/mol. The summed E-state index contributed by atoms with van der Waals surface area (Å²) in [5, 5.41) is 14.6. The average molecular weight is 561 g/mol. The fourth-order valence-corrected chi connectivity index (χ4v) is 5.18. The number of carboxylic acids is 1. The summed E-state index contributed by atoms with van der Waals surface area (Å²) in [6.07, 6.45) is 2.25. The number of amides is 2. The molecule has 3 unspecified atom stereocenters. The molecule has 0 aliphatic carbocycles. The van der Waals surface area contributed by atoms with E-state index in [0.717, 1.165) is 0 Å². The number of fused-ring (bicyclic) bond motifs is 2. The number of carboxylic acid groups (broad SMARTS) is 1. The average Bonchev–Trinajstić information content (AvgIpc) is 3.59. The number of nitrogens with zero attached hydrogens (tertiary/aromatic N) is 4. The topological polar surface area (TPSA) is 159 Å². The van der Waals surface area contributed by atoms with Gasteiger partial charge in [0.1, 0.15) is 23.8 Å². The van der Waals surface area contributed by atoms with E-state index in [2.05, 4.69) is 25.6 Å². The largest absolute Gasteiger partial charge is 0.493 e. The van der Waals surface area contributed by atoms with Crippen LogP contribution in [0.4, 0.5) is 16.3 Å². The van der Waals surface area contributed by atoms with Crippen molar-refractivity contribution >= 4 is 34.7 Å². The van der Waals surface area contributed by atoms with Gasteiger partial charge < -0.3 is 29.4 Å². The molecule has 2 amide bonds. The minimum absolute atomic E-state index is 0.184. The zero-order valence-corrected chi connectivity index (χ0v) is 22.3. The number of benzene rings is 2. The lowest BCUT2D eigenvalue weighted by Gasteiger charge is -2.26. The first-order chi connectivity index (χ1) is 19.7. The molecule has 2 fully saturated rings. The summed E-state index contributed by atoms with van der Waals surface area (Å²) in [6.45, 7) is 4.21. The van der Waals surface area contributed by atoms with Gasteiger partial charge in [0, 0.05) is 12.1 Å². The lowest BCUT2D eigenvalue weighted by Crippen LogP contribution is -2.42. The summed E-state index contributed by atoms with van der Waals surface area (Å²) in [4.78, 5) is 36.8. The van der Waals surface area contributed by atoms with E-state index in [4.69, 9.17) is 24.1 Å². The van der Waals surface area contributed by atoms with Crippen LogP contribution in [0.3, 0.4) is 0 Å². The minimum atomic E-state index is -0.998. The van der Waals surface area contributed by atoms with Crippen LogP contribution >= 0.6 is 0 Å². The summed E-state index contributed by atoms with van der Waals surface area (Å²) in [5.74, 6) is -1.08. The van der Waals surface area contributed by atoms with Crippen LogP contribution in [0.2, 0.25) is 0 Å². The highest BCUT2D eigenvalue weighted by molar-refractivity contribution is 6.02. The summed E-state index contributed by atoms with van der Waals surface area (Å²) in [5.41, 5.74) is 0.861. The number of carbonyl (C=O) groups excluding carboxylic acids is 1. The molecule has 4 heterocycles. The molecule has 2 aromatic heterocycles. The Morgan fingerprint density at radius 2 is 1.85 bits per heavy atom. The number of para-hydroxylation sites is 1. The van der Waals surface area contributed by atoms with Crippen molar-refractivity contribution in [3.8, 4) is 5.75 Å². The molecular weight excluding hydrogens is 532 g/mol. The molecule has 0 saturated carbocycles. The lowest BCUT2D eigenvalue weighted by atomic mass is 9.95. The highest BCUT2D eigenvalue weighted by atomic mass is 16.8. The van der Waals surface area contributed by atoms with Crippen LogP contribution in [0.15, 0.2) is 67.3 Å². The summed E-state index contributed by atoms with van der Waals surface area (Å²) in [6, 6.07) is 14.8. The predicted octanol–water partition coefficient (Wildman–Crippen LogP) is 4.06. The third-order valence-corrected chi connectivity index (χ3v) is 6.93. The quantitative estimate of drug-likeness (QED) is 0.287. The number of imidazole rings is 1. The van der Waals surface area contributed by atoms with Gasteiger partial charge in [-0.3, -0.25) is 9.88 Å². The first-order valence-electron chi connectivity index (χ1n) is 13.0. The van der Waals surface area contributed by atoms with E-state index in [1.807, 2.05) is 32.0 Å². The normalized spacial score (nSPS) is 22.8. The summed E-state index contributed by atoms with van der Waals surface area (Å²) in [7, 11) is 0. The standard InChI is InChI=1S/C28H28N6O7/c1-27(2)40-21-24(39-14-28(21,41-27)12-13-38-19-10-8-17(9-11-19)25(35)36)34-16-31-20-22(29-15-30-23(20)34)33-26(37)32-18-6-4-3-5-7-18/h3-11,15-16,21,24H,12-14H2,1-2H3,(H,35,36)(H2,29,30,32,33,37). The van der Waals surface area contributed by atoms with E-state index in [1.54, 1.807) is 35.2 Å². The maximum atomic E-state index is 12.6. The summed E-state index contributed by atoms with van der Waals surface area (Å²) >= 11 is 0. The Labute approximate surface area is 234 Å². The van der Waals surface area contributed by atoms with Gasteiger partial charge >= 0.3 is 12.0 Å². The molecule has 2 aliphatic heterocycles. The summed E-state index contributed by atoms with van der Waals surface area (Å²) < 4.78 is 26.6. The Hall–Kier alpha value is -4.59. The molecule has 6 rings (SSSR count). The van der Waals surface area contributed by atoms with Crippen molar-refractivity contribution in [2.24, 2.45) is 0 Å². The van der Waals surface area contributed by atoms with Gasteiger partial charge in [-0.1, -0.05) is 18.2 Å². The van der Waals surface area contributed by atoms with Gasteiger partial charge in [-0.05, 0) is 50.2 Å². The van der Waals surface area contributed by atoms with Crippen LogP contribution in [-0.2, 0) is 14.2 Å². The molecule has 13 heteroatoms. The molecule has 212 valence electrons. The molecule has 0 bridgehead atoms. The van der Waals surface area contributed by atoms with Gasteiger partial charge in [0.15, 0.2) is 29.0 Å². The molecule has 4 aromatic rings. The van der Waals surface area contributed by atoms with Gasteiger partial charge in [0.2, 0.25) is 0 Å². The van der Waals surface area contributed by atoms with Crippen LogP contribution in [0, 0.1) is 0 Å². The second-order valence-electron chi connectivity index (χ2n) is 10.2. The number of rotatable bonds is 8. The van der Waals surface area contributed by atoms with E-state index in [0.29, 0.717) is 29.0 Å². The van der Waals surface area contributed by atoms with Crippen molar-refractivity contribution in [1.29, 1.82) is 0 Å². The predicted molar refractivity (Wildman–Crippen MR) is 146 cm³/mol. The number of hydrogen-bond donors (Lipinski definition) is 3. The smallest absolute Gasteiger partial charge is 0.335 e. The van der Waals surface area contributed by atoms with Crippen LogP contribution in [-0.4, -0.2) is 67.3 Å². The Bertz CT molecular complexity index is 1580. The van der Waals surface area contributed by atoms with Crippen molar-refractivity contribution in [1.82, 2.24) is 19.5 Å². The van der Waals surface area contributed by atoms with Crippen molar-refractivity contribution in [2.45, 2.75) is 44.0 Å². The Morgan fingerprint density at radius 1 is 1.07 bits per heavy atom. The molecule has 2 aliphatic rings. The van der Waals surface area contributed by atoms with Gasteiger partial charge in [-0.2, -0.15) is 0 Å². The highest BCUT2D eigenvalue weighted by Gasteiger charge is 2.61. The molecule has 0 radical (unpaired) electrons. The van der Waals surface area contributed by atoms with E-state index >= 15 is 0 Å². The SMILES string of the molecule is CC1(C)OC2C(n3cnc4c(NC(=O)Nc5ccccc5)ncnc43)OCC2(CCOc2ccc(C(=O)O)cc2)O1. The van der Waals surface area contributed by atoms with Crippen molar-refractivity contribution in [3.63, 3.8) is 0 Å². The number of aromatic nitrogens is 4. The first-order valence-corrected chi connectivity index (χ1v) is 13.0. The molecule has 3 N–H and O–H groups in total. The van der Waals surface area contributed by atoms with E-state index in [1.165, 1.54) is 18.5 Å². The van der Waals surface area contributed by atoms with E-state index in [9.17, 15) is 9.59 Å². The third-order valence-electron chi connectivity index (χ3n) is 6.93. The number of carbonyl (C=O) groups is 2. The molecule has 2 saturated heterocycles. The molecule has 41 heavy (non-hydrogen) atoms. The maximum Gasteiger partial charge on any atom is 0.335 e. The van der Waals surface area contributed by atoms with Crippen LogP contribution in [0.1, 0.15) is 36.9 Å². The van der Waals surface area contributed by atoms with E-state index in [-0.39, 0.29) is 24.6 Å². The molecular formula is C28H28N6O7. The highest BCUT2D eigenvalue weighted by Crippen LogP contribution is 2.49. The fourth-order valence-electron chi connectivity index (χ4n) is 5.18. The van der Waals surface area contributed by atoms with Gasteiger partial charge in [-0.15, -0.1) is 0 Å². The maximum absolute atomic E-state index is 12.6. The number of hydrogen-bond acceptors (Lipinski definition) is 9. The minimum Gasteiger partial charge on any atom is -0.493 e. The van der Waals surface area contributed by atoms with E-state index < -0.39 is 35.7 Å². The van der Waals surface area contributed by atoms with Crippen molar-refractivity contribution in [3.05, 3.63) is 72.8 Å². The third kappa shape index (κ3) is 5.29. The number of urea groups is 1. The molecule has 2 aromatic carbocycles. The van der Waals surface area contributed by atoms with Crippen molar-refractivity contribution in [2.75, 3.05) is 23.8 Å². The van der Waals surface area contributed by atoms with Crippen LogP contribution in [0.5, 0.6) is 5.75 Å². The van der Waals surface area contributed by atoms with Gasteiger partial charge in [-0.25, -0.2) is 24.5 Å². The fraction of sp³-hybridized carbons (Fsp3) is 0.321. The molecule has 3 atom stereocenters. The van der Waals surface area contributed by atoms with Crippen molar-refractivity contribution < 1.29 is 33.6 Å². The zero-order valence-electron chi connectivity index (χ0n) is 22.3. The number of nitrogens with one attached hydrogen (secondary N) is 2. The Kier molecular flexibility index (Phi) is 6.77. The molecule has 13 nitrogen and oxygen atoms in total. The molecule has 0 spiro atoms. The Balaban J connectivity index is 1.19. The second-order valence-corrected chi connectivity index (χ2v) is 10.2. The van der Waals surface area contributed by atoms with Crippen LogP contribution in [0.25, 0.3) is 11.2 Å². The zero-order chi connectivity index (χ0) is 28.6. The lowest BCUT2D eigenvalue weighted by molar-refractivity contribution is -0.197.